The van der Waals surface area contributed by atoms with Crippen molar-refractivity contribution in [1.29, 1.82) is 0 Å². The maximum atomic E-state index is 12.9. The van der Waals surface area contributed by atoms with Crippen LogP contribution < -0.4 is 10.6 Å². The predicted octanol–water partition coefficient (Wildman–Crippen LogP) is 2.54. The van der Waals surface area contributed by atoms with E-state index in [1.165, 1.54) is 25.3 Å². The van der Waals surface area contributed by atoms with Gasteiger partial charge < -0.3 is 4.84 Å². The summed E-state index contributed by atoms with van der Waals surface area (Å²) in [5, 5.41) is 0.366. The molecule has 2 aromatic carbocycles. The number of halogens is 1. The molecule has 0 fully saturated rings. The van der Waals surface area contributed by atoms with Crippen molar-refractivity contribution < 1.29 is 22.8 Å². The summed E-state index contributed by atoms with van der Waals surface area (Å²) in [6.45, 7) is 3.19. The summed E-state index contributed by atoms with van der Waals surface area (Å²) >= 11 is 6.31. The van der Waals surface area contributed by atoms with Crippen molar-refractivity contribution in [2.24, 2.45) is 5.90 Å². The van der Waals surface area contributed by atoms with Crippen molar-refractivity contribution in [3.05, 3.63) is 81.5 Å². The van der Waals surface area contributed by atoms with Gasteiger partial charge in [0.05, 0.1) is 18.2 Å². The monoisotopic (exact) mass is 449 g/mol. The van der Waals surface area contributed by atoms with Gasteiger partial charge in [-0.1, -0.05) is 35.9 Å². The molecule has 0 aliphatic carbocycles. The van der Waals surface area contributed by atoms with Gasteiger partial charge in [-0.3, -0.25) is 9.10 Å². The Hall–Kier alpha value is -2.72. The average molecular weight is 450 g/mol. The van der Waals surface area contributed by atoms with Crippen LogP contribution in [0.5, 0.6) is 0 Å². The van der Waals surface area contributed by atoms with E-state index >= 15 is 0 Å². The van der Waals surface area contributed by atoms with Gasteiger partial charge in [0.2, 0.25) is 0 Å². The van der Waals surface area contributed by atoms with Crippen LogP contribution in [-0.4, -0.2) is 24.5 Å². The Labute approximate surface area is 179 Å². The second-order valence-electron chi connectivity index (χ2n) is 6.87. The van der Waals surface area contributed by atoms with E-state index in [9.17, 15) is 18.0 Å². The van der Waals surface area contributed by atoms with Crippen molar-refractivity contribution >= 4 is 33.6 Å². The Kier molecular flexibility index (Phi) is 6.27. The van der Waals surface area contributed by atoms with Gasteiger partial charge in [0.15, 0.2) is 5.78 Å². The van der Waals surface area contributed by atoms with Gasteiger partial charge in [-0.15, -0.1) is 0 Å². The number of carbonyl (C=O) groups is 2. The molecular formula is C20H20ClN3O5S. The standard InChI is InChI=1S/C20H20ClN3O5S/c1-12-3-8-16(18(21)9-12)19-17(13(2)25)11-24(30(27,28)23-19)10-14-4-6-15(7-5-14)20(26)29-22/h3-9,11,19,23H,10,22H2,1-2H3. The van der Waals surface area contributed by atoms with Crippen molar-refractivity contribution in [2.45, 2.75) is 26.4 Å². The lowest BCUT2D eigenvalue weighted by atomic mass is 9.96. The topological polar surface area (TPSA) is 119 Å². The third-order valence-electron chi connectivity index (χ3n) is 4.68. The Morgan fingerprint density at radius 1 is 1.20 bits per heavy atom. The third kappa shape index (κ3) is 4.54. The Morgan fingerprint density at radius 3 is 2.43 bits per heavy atom. The minimum atomic E-state index is -3.96. The molecule has 0 bridgehead atoms. The van der Waals surface area contributed by atoms with E-state index in [4.69, 9.17) is 17.5 Å². The first kappa shape index (κ1) is 22.0. The van der Waals surface area contributed by atoms with Crippen LogP contribution in [0.25, 0.3) is 0 Å². The summed E-state index contributed by atoms with van der Waals surface area (Å²) in [5.74, 6) is 3.87. The number of nitrogens with two attached hydrogens (primary N) is 1. The van der Waals surface area contributed by atoms with Gasteiger partial charge in [-0.05, 0) is 48.7 Å². The molecule has 8 nitrogen and oxygen atoms in total. The molecule has 10 heteroatoms. The van der Waals surface area contributed by atoms with E-state index < -0.39 is 22.2 Å². The normalized spacial score (nSPS) is 17.9. The van der Waals surface area contributed by atoms with Crippen molar-refractivity contribution in [2.75, 3.05) is 0 Å². The van der Waals surface area contributed by atoms with Gasteiger partial charge in [0.1, 0.15) is 0 Å². The molecule has 1 atom stereocenters. The summed E-state index contributed by atoms with van der Waals surface area (Å²) < 4.78 is 29.3. The molecule has 3 N–H and O–H groups in total. The smallest absolute Gasteiger partial charge is 0.356 e. The minimum absolute atomic E-state index is 0.0432. The van der Waals surface area contributed by atoms with Crippen LogP contribution >= 0.6 is 11.6 Å². The number of hydrogen-bond donors (Lipinski definition) is 2. The molecule has 30 heavy (non-hydrogen) atoms. The quantitative estimate of drug-likeness (QED) is 0.677. The van der Waals surface area contributed by atoms with E-state index in [0.717, 1.165) is 9.87 Å². The highest BCUT2D eigenvalue weighted by Gasteiger charge is 2.35. The molecule has 3 rings (SSSR count). The van der Waals surface area contributed by atoms with Crippen LogP contribution in [0.15, 0.2) is 54.2 Å². The van der Waals surface area contributed by atoms with Gasteiger partial charge in [-0.25, -0.2) is 4.79 Å². The molecule has 1 aliphatic heterocycles. The molecule has 158 valence electrons. The molecule has 0 amide bonds. The average Bonchev–Trinajstić information content (AvgIpc) is 2.69. The molecule has 0 saturated heterocycles. The predicted molar refractivity (Wildman–Crippen MR) is 111 cm³/mol. The van der Waals surface area contributed by atoms with E-state index in [0.29, 0.717) is 16.1 Å². The van der Waals surface area contributed by atoms with Crippen molar-refractivity contribution in [1.82, 2.24) is 9.03 Å². The maximum Gasteiger partial charge on any atom is 0.356 e. The zero-order valence-electron chi connectivity index (χ0n) is 16.3. The number of carbonyl (C=O) groups excluding carboxylic acids is 2. The lowest BCUT2D eigenvalue weighted by molar-refractivity contribution is -0.114. The van der Waals surface area contributed by atoms with E-state index in [2.05, 4.69) is 9.56 Å². The first-order valence-electron chi connectivity index (χ1n) is 8.90. The zero-order valence-corrected chi connectivity index (χ0v) is 17.8. The van der Waals surface area contributed by atoms with Gasteiger partial charge in [0.25, 0.3) is 0 Å². The first-order valence-corrected chi connectivity index (χ1v) is 10.7. The van der Waals surface area contributed by atoms with Crippen molar-refractivity contribution in [3.63, 3.8) is 0 Å². The second kappa shape index (κ2) is 8.57. The number of nitrogens with one attached hydrogen (secondary N) is 1. The summed E-state index contributed by atoms with van der Waals surface area (Å²) in [7, 11) is -3.96. The third-order valence-corrected chi connectivity index (χ3v) is 6.39. The van der Waals surface area contributed by atoms with E-state index in [1.807, 2.05) is 6.92 Å². The lowest BCUT2D eigenvalue weighted by Crippen LogP contribution is -2.45. The lowest BCUT2D eigenvalue weighted by Gasteiger charge is -2.32. The Bertz CT molecular complexity index is 1130. The number of nitrogens with zero attached hydrogens (tertiary/aromatic N) is 1. The number of aryl methyl sites for hydroxylation is 1. The Morgan fingerprint density at radius 2 is 1.87 bits per heavy atom. The van der Waals surface area contributed by atoms with Crippen LogP contribution in [0.3, 0.4) is 0 Å². The fraction of sp³-hybridized carbons (Fsp3) is 0.200. The molecular weight excluding hydrogens is 430 g/mol. The van der Waals surface area contributed by atoms with Crippen LogP contribution in [0.1, 0.15) is 40.0 Å². The number of Topliss-reactive ketones (excluding diaryl/α,β-unsaturated/α-hetero) is 1. The molecule has 1 heterocycles. The molecule has 2 aromatic rings. The van der Waals surface area contributed by atoms with Gasteiger partial charge in [0, 0.05) is 16.8 Å². The summed E-state index contributed by atoms with van der Waals surface area (Å²) in [6.07, 6.45) is 1.32. The molecule has 1 aliphatic rings. The fourth-order valence-corrected chi connectivity index (χ4v) is 4.70. The first-order chi connectivity index (χ1) is 14.1. The van der Waals surface area contributed by atoms with Crippen LogP contribution in [0, 0.1) is 6.92 Å². The Balaban J connectivity index is 1.95. The molecule has 0 aromatic heterocycles. The number of ketones is 1. The van der Waals surface area contributed by atoms with Crippen molar-refractivity contribution in [3.8, 4) is 0 Å². The number of rotatable bonds is 5. The summed E-state index contributed by atoms with van der Waals surface area (Å²) in [6, 6.07) is 10.4. The summed E-state index contributed by atoms with van der Waals surface area (Å²) in [4.78, 5) is 27.9. The number of benzene rings is 2. The second-order valence-corrected chi connectivity index (χ2v) is 8.93. The molecule has 0 spiro atoms. The van der Waals surface area contributed by atoms with Gasteiger partial charge >= 0.3 is 16.2 Å². The van der Waals surface area contributed by atoms with Gasteiger partial charge in [-0.2, -0.15) is 19.0 Å². The van der Waals surface area contributed by atoms with Crippen LogP contribution in [0.4, 0.5) is 0 Å². The van der Waals surface area contributed by atoms with E-state index in [1.54, 1.807) is 30.3 Å². The van der Waals surface area contributed by atoms with E-state index in [-0.39, 0.29) is 23.5 Å². The zero-order chi connectivity index (χ0) is 22.1. The van der Waals surface area contributed by atoms with Crippen LogP contribution in [0.2, 0.25) is 5.02 Å². The maximum absolute atomic E-state index is 12.9. The number of hydrogen-bond acceptors (Lipinski definition) is 6. The molecule has 1 unspecified atom stereocenters. The highest BCUT2D eigenvalue weighted by atomic mass is 35.5. The fourth-order valence-electron chi connectivity index (χ4n) is 3.10. The largest absolute Gasteiger partial charge is 0.370 e. The molecule has 0 saturated carbocycles. The highest BCUT2D eigenvalue weighted by Crippen LogP contribution is 2.34. The SMILES string of the molecule is CC(=O)C1=CN(Cc2ccc(C(=O)ON)cc2)S(=O)(=O)NC1c1ccc(C)cc1Cl. The minimum Gasteiger partial charge on any atom is -0.370 e. The highest BCUT2D eigenvalue weighted by molar-refractivity contribution is 7.87. The van der Waals surface area contributed by atoms with Crippen LogP contribution in [-0.2, 0) is 26.4 Å². The molecule has 0 radical (unpaired) electrons. The summed E-state index contributed by atoms with van der Waals surface area (Å²) in [5.41, 5.74) is 2.50.